The van der Waals surface area contributed by atoms with Gasteiger partial charge in [0.1, 0.15) is 6.10 Å². The molecule has 1 atom stereocenters. The van der Waals surface area contributed by atoms with Crippen molar-refractivity contribution in [3.63, 3.8) is 0 Å². The molecule has 2 aromatic rings. The van der Waals surface area contributed by atoms with Crippen molar-refractivity contribution >= 4 is 10.0 Å². The Bertz CT molecular complexity index is 793. The van der Waals surface area contributed by atoms with Gasteiger partial charge in [0, 0.05) is 18.8 Å². The molecular weight excluding hydrogens is 314 g/mol. The van der Waals surface area contributed by atoms with Crippen molar-refractivity contribution in [2.24, 2.45) is 0 Å². The average molecular weight is 333 g/mol. The highest BCUT2D eigenvalue weighted by Gasteiger charge is 2.33. The number of aromatic nitrogens is 2. The van der Waals surface area contributed by atoms with E-state index in [1.807, 2.05) is 19.9 Å². The molecule has 7 heteroatoms. The molecule has 1 unspecified atom stereocenters. The van der Waals surface area contributed by atoms with E-state index in [1.54, 1.807) is 30.5 Å². The van der Waals surface area contributed by atoms with Crippen LogP contribution in [0.15, 0.2) is 41.4 Å². The van der Waals surface area contributed by atoms with Crippen LogP contribution in [0.2, 0.25) is 0 Å². The summed E-state index contributed by atoms with van der Waals surface area (Å²) < 4.78 is 32.6. The molecule has 0 aliphatic carbocycles. The largest absolute Gasteiger partial charge is 0.472 e. The van der Waals surface area contributed by atoms with E-state index in [9.17, 15) is 8.42 Å². The number of hydrogen-bond acceptors (Lipinski definition) is 5. The van der Waals surface area contributed by atoms with Crippen molar-refractivity contribution in [1.29, 1.82) is 0 Å². The highest BCUT2D eigenvalue weighted by molar-refractivity contribution is 7.89. The molecule has 6 nitrogen and oxygen atoms in total. The van der Waals surface area contributed by atoms with Crippen LogP contribution in [0, 0.1) is 13.8 Å². The number of hydrogen-bond donors (Lipinski definition) is 0. The van der Waals surface area contributed by atoms with Gasteiger partial charge in [-0.2, -0.15) is 9.40 Å². The molecule has 1 aromatic heterocycles. The average Bonchev–Trinajstić information content (AvgIpc) is 3.00. The van der Waals surface area contributed by atoms with Crippen LogP contribution < -0.4 is 4.74 Å². The first-order valence-electron chi connectivity index (χ1n) is 7.48. The number of nitrogens with zero attached hydrogens (tertiary/aromatic N) is 3. The van der Waals surface area contributed by atoms with Crippen molar-refractivity contribution in [1.82, 2.24) is 14.5 Å². The molecule has 1 aromatic carbocycles. The quantitative estimate of drug-likeness (QED) is 0.855. The minimum Gasteiger partial charge on any atom is -0.472 e. The monoisotopic (exact) mass is 333 g/mol. The smallest absolute Gasteiger partial charge is 0.243 e. The second-order valence-electron chi connectivity index (χ2n) is 5.70. The first-order chi connectivity index (χ1) is 11.0. The van der Waals surface area contributed by atoms with Crippen LogP contribution in [-0.4, -0.2) is 42.1 Å². The van der Waals surface area contributed by atoms with Crippen LogP contribution in [0.25, 0.3) is 0 Å². The molecule has 1 aliphatic heterocycles. The van der Waals surface area contributed by atoms with Crippen molar-refractivity contribution in [2.45, 2.75) is 31.3 Å². The summed E-state index contributed by atoms with van der Waals surface area (Å²) in [6.45, 7) is 4.65. The Morgan fingerprint density at radius 2 is 2.04 bits per heavy atom. The first-order valence-corrected chi connectivity index (χ1v) is 8.92. The molecule has 0 bridgehead atoms. The molecule has 0 radical (unpaired) electrons. The Balaban J connectivity index is 1.73. The highest BCUT2D eigenvalue weighted by Crippen LogP contribution is 2.24. The number of ether oxygens (including phenoxy) is 1. The maximum absolute atomic E-state index is 12.7. The zero-order chi connectivity index (χ0) is 16.4. The van der Waals surface area contributed by atoms with Gasteiger partial charge in [0.2, 0.25) is 15.9 Å². The molecule has 0 spiro atoms. The second kappa shape index (κ2) is 6.25. The predicted molar refractivity (Wildman–Crippen MR) is 85.7 cm³/mol. The van der Waals surface area contributed by atoms with E-state index >= 15 is 0 Å². The molecule has 0 amide bonds. The molecule has 0 saturated carbocycles. The summed E-state index contributed by atoms with van der Waals surface area (Å²) in [6, 6.07) is 8.68. The molecule has 1 aliphatic rings. The summed E-state index contributed by atoms with van der Waals surface area (Å²) in [7, 11) is -3.49. The lowest BCUT2D eigenvalue weighted by atomic mass is 10.1. The SMILES string of the molecule is Cc1ccc(S(=O)(=O)N2CCC(Oc3cccnn3)C2)cc1C. The fraction of sp³-hybridized carbons (Fsp3) is 0.375. The van der Waals surface area contributed by atoms with Crippen LogP contribution >= 0.6 is 0 Å². The lowest BCUT2D eigenvalue weighted by molar-refractivity contribution is 0.204. The normalized spacial score (nSPS) is 19.0. The van der Waals surface area contributed by atoms with E-state index in [0.29, 0.717) is 30.3 Å². The summed E-state index contributed by atoms with van der Waals surface area (Å²) in [5.41, 5.74) is 2.05. The first kappa shape index (κ1) is 15.9. The highest BCUT2D eigenvalue weighted by atomic mass is 32.2. The third-order valence-corrected chi connectivity index (χ3v) is 5.92. The number of rotatable bonds is 4. The number of aryl methyl sites for hydroxylation is 2. The maximum atomic E-state index is 12.7. The van der Waals surface area contributed by atoms with Gasteiger partial charge in [-0.05, 0) is 49.6 Å². The van der Waals surface area contributed by atoms with E-state index in [4.69, 9.17) is 4.74 Å². The zero-order valence-electron chi connectivity index (χ0n) is 13.1. The Labute approximate surface area is 136 Å². The summed E-state index contributed by atoms with van der Waals surface area (Å²) in [6.07, 6.45) is 2.01. The second-order valence-corrected chi connectivity index (χ2v) is 7.64. The van der Waals surface area contributed by atoms with Crippen LogP contribution in [0.4, 0.5) is 0 Å². The summed E-state index contributed by atoms with van der Waals surface area (Å²) in [5.74, 6) is 0.419. The van der Waals surface area contributed by atoms with E-state index in [-0.39, 0.29) is 6.10 Å². The Morgan fingerprint density at radius 1 is 1.22 bits per heavy atom. The lowest BCUT2D eigenvalue weighted by Crippen LogP contribution is -2.31. The molecule has 1 fully saturated rings. The van der Waals surface area contributed by atoms with Gasteiger partial charge in [-0.1, -0.05) is 6.07 Å². The Kier molecular flexibility index (Phi) is 4.32. The third-order valence-electron chi connectivity index (χ3n) is 4.06. The minimum absolute atomic E-state index is 0.201. The van der Waals surface area contributed by atoms with Crippen molar-refractivity contribution < 1.29 is 13.2 Å². The lowest BCUT2D eigenvalue weighted by Gasteiger charge is -2.17. The number of benzene rings is 1. The van der Waals surface area contributed by atoms with Gasteiger partial charge in [0.15, 0.2) is 0 Å². The fourth-order valence-corrected chi connectivity index (χ4v) is 4.13. The van der Waals surface area contributed by atoms with Gasteiger partial charge in [-0.15, -0.1) is 5.10 Å². The van der Waals surface area contributed by atoms with Crippen LogP contribution in [0.1, 0.15) is 17.5 Å². The molecule has 3 rings (SSSR count). The van der Waals surface area contributed by atoms with Crippen molar-refractivity contribution in [3.05, 3.63) is 47.7 Å². The topological polar surface area (TPSA) is 72.4 Å². The summed E-state index contributed by atoms with van der Waals surface area (Å²) in [4.78, 5) is 0.334. The molecule has 0 N–H and O–H groups in total. The van der Waals surface area contributed by atoms with Gasteiger partial charge >= 0.3 is 0 Å². The minimum atomic E-state index is -3.49. The van der Waals surface area contributed by atoms with Gasteiger partial charge in [0.25, 0.3) is 0 Å². The summed E-state index contributed by atoms with van der Waals surface area (Å²) >= 11 is 0. The predicted octanol–water partition coefficient (Wildman–Crippen LogP) is 1.94. The Hall–Kier alpha value is -1.99. The van der Waals surface area contributed by atoms with E-state index < -0.39 is 10.0 Å². The van der Waals surface area contributed by atoms with E-state index in [0.717, 1.165) is 11.1 Å². The van der Waals surface area contributed by atoms with Gasteiger partial charge in [-0.3, -0.25) is 0 Å². The van der Waals surface area contributed by atoms with E-state index in [1.165, 1.54) is 4.31 Å². The van der Waals surface area contributed by atoms with Crippen LogP contribution in [0.3, 0.4) is 0 Å². The number of sulfonamides is 1. The maximum Gasteiger partial charge on any atom is 0.243 e. The third kappa shape index (κ3) is 3.35. The molecule has 23 heavy (non-hydrogen) atoms. The molecule has 122 valence electrons. The van der Waals surface area contributed by atoms with Gasteiger partial charge in [0.05, 0.1) is 11.4 Å². The Morgan fingerprint density at radius 3 is 2.74 bits per heavy atom. The summed E-state index contributed by atoms with van der Waals surface area (Å²) in [5, 5.41) is 7.62. The molecule has 2 heterocycles. The molecule has 1 saturated heterocycles. The van der Waals surface area contributed by atoms with Crippen LogP contribution in [0.5, 0.6) is 5.88 Å². The fourth-order valence-electron chi connectivity index (χ4n) is 2.56. The van der Waals surface area contributed by atoms with Gasteiger partial charge in [-0.25, -0.2) is 8.42 Å². The van der Waals surface area contributed by atoms with Crippen molar-refractivity contribution in [2.75, 3.05) is 13.1 Å². The zero-order valence-corrected chi connectivity index (χ0v) is 14.0. The van der Waals surface area contributed by atoms with E-state index in [2.05, 4.69) is 10.2 Å². The standard InChI is InChI=1S/C16H19N3O3S/c1-12-5-6-15(10-13(12)2)23(20,21)19-9-7-14(11-19)22-16-4-3-8-17-18-16/h3-6,8,10,14H,7,9,11H2,1-2H3. The molecular formula is C16H19N3O3S. The van der Waals surface area contributed by atoms with Crippen molar-refractivity contribution in [3.8, 4) is 5.88 Å². The van der Waals surface area contributed by atoms with Crippen LogP contribution in [-0.2, 0) is 10.0 Å². The van der Waals surface area contributed by atoms with Gasteiger partial charge < -0.3 is 4.74 Å².